The van der Waals surface area contributed by atoms with Crippen molar-refractivity contribution < 1.29 is 28.8 Å². The van der Waals surface area contributed by atoms with Crippen LogP contribution in [0.2, 0.25) is 0 Å². The van der Waals surface area contributed by atoms with E-state index < -0.39 is 11.9 Å². The third kappa shape index (κ3) is 4.84. The predicted molar refractivity (Wildman–Crippen MR) is 102 cm³/mol. The molecular formula is C21H26O6. The minimum atomic E-state index is -0.925. The van der Waals surface area contributed by atoms with Crippen molar-refractivity contribution >= 4 is 5.97 Å². The molecule has 0 aliphatic rings. The van der Waals surface area contributed by atoms with E-state index in [-0.39, 0.29) is 6.42 Å². The van der Waals surface area contributed by atoms with Crippen LogP contribution in [0.3, 0.4) is 0 Å². The number of carboxylic acids is 1. The van der Waals surface area contributed by atoms with Crippen molar-refractivity contribution in [3.8, 4) is 23.0 Å². The number of ether oxygens (including phenoxy) is 4. The summed E-state index contributed by atoms with van der Waals surface area (Å²) in [7, 11) is 4.64. The summed E-state index contributed by atoms with van der Waals surface area (Å²) in [6, 6.07) is 10.7. The third-order valence-electron chi connectivity index (χ3n) is 4.26. The van der Waals surface area contributed by atoms with E-state index in [0.717, 1.165) is 12.0 Å². The first-order chi connectivity index (χ1) is 13.0. The van der Waals surface area contributed by atoms with Gasteiger partial charge in [0.1, 0.15) is 0 Å². The maximum Gasteiger partial charge on any atom is 0.311 e. The molecule has 0 aliphatic carbocycles. The van der Waals surface area contributed by atoms with E-state index in [2.05, 4.69) is 0 Å². The molecule has 146 valence electrons. The van der Waals surface area contributed by atoms with Gasteiger partial charge in [-0.2, -0.15) is 0 Å². The lowest BCUT2D eigenvalue weighted by Gasteiger charge is -2.19. The highest BCUT2D eigenvalue weighted by atomic mass is 16.5. The topological polar surface area (TPSA) is 74.2 Å². The molecule has 0 saturated carbocycles. The molecule has 2 aromatic rings. The van der Waals surface area contributed by atoms with Crippen molar-refractivity contribution in [1.82, 2.24) is 0 Å². The van der Waals surface area contributed by atoms with Crippen LogP contribution in [0.15, 0.2) is 36.4 Å². The van der Waals surface area contributed by atoms with Gasteiger partial charge in [-0.15, -0.1) is 0 Å². The molecule has 1 unspecified atom stereocenters. The second kappa shape index (κ2) is 9.71. The largest absolute Gasteiger partial charge is 0.493 e. The van der Waals surface area contributed by atoms with Gasteiger partial charge >= 0.3 is 5.97 Å². The van der Waals surface area contributed by atoms with E-state index in [1.165, 1.54) is 7.11 Å². The second-order valence-electron chi connectivity index (χ2n) is 6.01. The van der Waals surface area contributed by atoms with E-state index in [9.17, 15) is 9.90 Å². The van der Waals surface area contributed by atoms with Crippen LogP contribution >= 0.6 is 0 Å². The smallest absolute Gasteiger partial charge is 0.311 e. The molecule has 0 amide bonds. The summed E-state index contributed by atoms with van der Waals surface area (Å²) in [6.07, 6.45) is 1.11. The highest BCUT2D eigenvalue weighted by Crippen LogP contribution is 2.36. The molecule has 0 radical (unpaired) electrons. The van der Waals surface area contributed by atoms with Crippen LogP contribution in [0, 0.1) is 0 Å². The number of aliphatic carboxylic acids is 1. The molecule has 0 heterocycles. The Morgan fingerprint density at radius 2 is 1.70 bits per heavy atom. The van der Waals surface area contributed by atoms with Gasteiger partial charge in [-0.3, -0.25) is 4.79 Å². The Balaban J connectivity index is 2.41. The molecule has 0 saturated heterocycles. The summed E-state index contributed by atoms with van der Waals surface area (Å²) >= 11 is 0. The van der Waals surface area contributed by atoms with Gasteiger partial charge in [-0.25, -0.2) is 0 Å². The van der Waals surface area contributed by atoms with Gasteiger partial charge in [0.25, 0.3) is 0 Å². The highest BCUT2D eigenvalue weighted by molar-refractivity contribution is 5.77. The Morgan fingerprint density at radius 1 is 1.00 bits per heavy atom. The number of benzene rings is 2. The zero-order valence-electron chi connectivity index (χ0n) is 16.2. The molecule has 6 nitrogen and oxygen atoms in total. The summed E-state index contributed by atoms with van der Waals surface area (Å²) < 4.78 is 21.8. The molecule has 2 rings (SSSR count). The lowest BCUT2D eigenvalue weighted by Crippen LogP contribution is -2.15. The van der Waals surface area contributed by atoms with Crippen LogP contribution in [0.1, 0.15) is 30.4 Å². The molecule has 0 aliphatic heterocycles. The Morgan fingerprint density at radius 3 is 2.30 bits per heavy atom. The van der Waals surface area contributed by atoms with Crippen LogP contribution in [0.4, 0.5) is 0 Å². The zero-order valence-corrected chi connectivity index (χ0v) is 16.2. The summed E-state index contributed by atoms with van der Waals surface area (Å²) in [5.41, 5.74) is 1.41. The second-order valence-corrected chi connectivity index (χ2v) is 6.01. The quantitative estimate of drug-likeness (QED) is 0.680. The number of hydrogen-bond donors (Lipinski definition) is 1. The van der Waals surface area contributed by atoms with Crippen LogP contribution in [-0.4, -0.2) is 39.0 Å². The van der Waals surface area contributed by atoms with E-state index in [1.54, 1.807) is 38.5 Å². The van der Waals surface area contributed by atoms with Gasteiger partial charge in [-0.1, -0.05) is 25.1 Å². The van der Waals surface area contributed by atoms with Crippen LogP contribution < -0.4 is 18.9 Å². The Hall–Kier alpha value is -2.89. The van der Waals surface area contributed by atoms with Crippen LogP contribution in [0.5, 0.6) is 23.0 Å². The first-order valence-corrected chi connectivity index (χ1v) is 8.79. The number of carbonyl (C=O) groups is 1. The predicted octanol–water partition coefficient (Wildman–Crippen LogP) is 3.91. The average molecular weight is 374 g/mol. The molecule has 0 bridgehead atoms. The SMILES string of the molecule is CCCOc1c(CC(C(=O)O)c2ccc(OC)c(OC)c2)cccc1OC. The average Bonchev–Trinajstić information content (AvgIpc) is 2.69. The Labute approximate surface area is 159 Å². The molecule has 1 atom stereocenters. The van der Waals surface area contributed by atoms with Crippen molar-refractivity contribution in [3.63, 3.8) is 0 Å². The first-order valence-electron chi connectivity index (χ1n) is 8.79. The van der Waals surface area contributed by atoms with E-state index >= 15 is 0 Å². The fourth-order valence-corrected chi connectivity index (χ4v) is 2.89. The van der Waals surface area contributed by atoms with Crippen molar-refractivity contribution in [2.24, 2.45) is 0 Å². The standard InChI is InChI=1S/C21H26O6/c1-5-11-27-20-15(7-6-8-18(20)25-3)12-16(21(22)23)14-9-10-17(24-2)19(13-14)26-4/h6-10,13,16H,5,11-12H2,1-4H3,(H,22,23). The minimum Gasteiger partial charge on any atom is -0.493 e. The number of rotatable bonds is 10. The summed E-state index contributed by atoms with van der Waals surface area (Å²) in [5.74, 6) is 0.548. The zero-order chi connectivity index (χ0) is 19.8. The van der Waals surface area contributed by atoms with Gasteiger partial charge in [0.2, 0.25) is 0 Å². The minimum absolute atomic E-state index is 0.265. The fourth-order valence-electron chi connectivity index (χ4n) is 2.89. The van der Waals surface area contributed by atoms with E-state index in [0.29, 0.717) is 35.2 Å². The monoisotopic (exact) mass is 374 g/mol. The number of hydrogen-bond acceptors (Lipinski definition) is 5. The fraction of sp³-hybridized carbons (Fsp3) is 0.381. The Bertz CT molecular complexity index is 771. The van der Waals surface area contributed by atoms with Gasteiger partial charge < -0.3 is 24.1 Å². The number of para-hydroxylation sites is 1. The first kappa shape index (κ1) is 20.4. The molecule has 0 fully saturated rings. The maximum atomic E-state index is 12.0. The molecule has 0 aromatic heterocycles. The van der Waals surface area contributed by atoms with Gasteiger partial charge in [0, 0.05) is 0 Å². The summed E-state index contributed by atoms with van der Waals surface area (Å²) in [6.45, 7) is 2.54. The third-order valence-corrected chi connectivity index (χ3v) is 4.26. The van der Waals surface area contributed by atoms with Crippen LogP contribution in [-0.2, 0) is 11.2 Å². The van der Waals surface area contributed by atoms with Crippen LogP contribution in [0.25, 0.3) is 0 Å². The normalized spacial score (nSPS) is 11.6. The molecule has 0 spiro atoms. The van der Waals surface area contributed by atoms with Crippen molar-refractivity contribution in [3.05, 3.63) is 47.5 Å². The number of methoxy groups -OCH3 is 3. The van der Waals surface area contributed by atoms with Crippen molar-refractivity contribution in [2.45, 2.75) is 25.7 Å². The van der Waals surface area contributed by atoms with Crippen molar-refractivity contribution in [1.29, 1.82) is 0 Å². The van der Waals surface area contributed by atoms with Gasteiger partial charge in [0.15, 0.2) is 23.0 Å². The Kier molecular flexibility index (Phi) is 7.34. The molecule has 6 heteroatoms. The van der Waals surface area contributed by atoms with Gasteiger partial charge in [0.05, 0.1) is 33.9 Å². The van der Waals surface area contributed by atoms with E-state index in [4.69, 9.17) is 18.9 Å². The molecule has 1 N–H and O–H groups in total. The molecular weight excluding hydrogens is 348 g/mol. The van der Waals surface area contributed by atoms with Gasteiger partial charge in [-0.05, 0) is 42.2 Å². The molecule has 2 aromatic carbocycles. The highest BCUT2D eigenvalue weighted by Gasteiger charge is 2.24. The lowest BCUT2D eigenvalue weighted by atomic mass is 9.91. The summed E-state index contributed by atoms with van der Waals surface area (Å²) in [4.78, 5) is 12.0. The summed E-state index contributed by atoms with van der Waals surface area (Å²) in [5, 5.41) is 9.83. The molecule has 27 heavy (non-hydrogen) atoms. The maximum absolute atomic E-state index is 12.0. The van der Waals surface area contributed by atoms with E-state index in [1.807, 2.05) is 19.1 Å². The number of carboxylic acid groups (broad SMARTS) is 1. The lowest BCUT2D eigenvalue weighted by molar-refractivity contribution is -0.138. The van der Waals surface area contributed by atoms with Crippen molar-refractivity contribution in [2.75, 3.05) is 27.9 Å².